The first-order valence-electron chi connectivity index (χ1n) is 15.1. The monoisotopic (exact) mass is 629 g/mol. The molecule has 3 unspecified atom stereocenters. The van der Waals surface area contributed by atoms with Crippen molar-refractivity contribution in [2.45, 2.75) is 39.2 Å². The van der Waals surface area contributed by atoms with Gasteiger partial charge in [0.15, 0.2) is 28.2 Å². The predicted octanol–water partition coefficient (Wildman–Crippen LogP) is 6.24. The standard InChI is InChI=1S/C28H32FN5O4S.C6H4/c1-4-23(16-7-17-12-31-13-18(17)8-16)37-26-11-22-20(10-25(26)36-3)27(33-14-32-22)38-24-6-5-19(9-21(24)29)34(15(2)35)28(30)39;1-2-5-4-6(5)3-1/h5-6,9-11,14,16-18,23,31H,4,7-8,12-13H2,1-3H3,(H2,30,39);1-4H. The summed E-state index contributed by atoms with van der Waals surface area (Å²) in [5.74, 6) is 2.00. The first-order chi connectivity index (χ1) is 21.7. The third-order valence-electron chi connectivity index (χ3n) is 8.81. The number of nitrogens with one attached hydrogen (secondary N) is 1. The molecule has 1 amide bonds. The van der Waals surface area contributed by atoms with Gasteiger partial charge >= 0.3 is 0 Å². The molecule has 0 radical (unpaired) electrons. The first-order valence-corrected chi connectivity index (χ1v) is 15.5. The third-order valence-corrected chi connectivity index (χ3v) is 8.99. The summed E-state index contributed by atoms with van der Waals surface area (Å²) in [6.45, 7) is 5.62. The van der Waals surface area contributed by atoms with Crippen LogP contribution in [-0.4, -0.2) is 47.3 Å². The van der Waals surface area contributed by atoms with Gasteiger partial charge in [-0.25, -0.2) is 14.4 Å². The van der Waals surface area contributed by atoms with Gasteiger partial charge in [0.2, 0.25) is 11.8 Å². The quantitative estimate of drug-likeness (QED) is 0.193. The Morgan fingerprint density at radius 1 is 1.07 bits per heavy atom. The molecule has 2 aromatic carbocycles. The molecule has 2 heterocycles. The topological polar surface area (TPSA) is 112 Å². The van der Waals surface area contributed by atoms with E-state index in [-0.39, 0.29) is 28.5 Å². The largest absolute Gasteiger partial charge is 0.493 e. The second kappa shape index (κ2) is 12.9. The first kappa shape index (κ1) is 30.7. The van der Waals surface area contributed by atoms with Gasteiger partial charge in [0.25, 0.3) is 0 Å². The summed E-state index contributed by atoms with van der Waals surface area (Å²) in [5.41, 5.74) is 9.24. The van der Waals surface area contributed by atoms with Crippen molar-refractivity contribution in [1.29, 1.82) is 0 Å². The smallest absolute Gasteiger partial charge is 0.230 e. The Morgan fingerprint density at radius 3 is 2.36 bits per heavy atom. The van der Waals surface area contributed by atoms with Crippen LogP contribution in [0.4, 0.5) is 10.1 Å². The molecule has 7 rings (SSSR count). The minimum atomic E-state index is -0.712. The minimum Gasteiger partial charge on any atom is -0.493 e. The zero-order valence-corrected chi connectivity index (χ0v) is 26.3. The van der Waals surface area contributed by atoms with Gasteiger partial charge in [-0.15, -0.1) is 0 Å². The second-order valence-electron chi connectivity index (χ2n) is 11.7. The number of benzene rings is 3. The number of hydrogen-bond acceptors (Lipinski definition) is 8. The fourth-order valence-corrected chi connectivity index (χ4v) is 6.76. The molecule has 45 heavy (non-hydrogen) atoms. The highest BCUT2D eigenvalue weighted by Gasteiger charge is 2.41. The Balaban J connectivity index is 0.000000525. The summed E-state index contributed by atoms with van der Waals surface area (Å²) >= 11 is 4.91. The van der Waals surface area contributed by atoms with Gasteiger partial charge in [-0.1, -0.05) is 25.1 Å². The molecule has 3 N–H and O–H groups in total. The Kier molecular flexibility index (Phi) is 8.82. The van der Waals surface area contributed by atoms with E-state index in [1.54, 1.807) is 13.2 Å². The van der Waals surface area contributed by atoms with E-state index in [1.807, 2.05) is 6.07 Å². The van der Waals surface area contributed by atoms with Crippen LogP contribution in [0.25, 0.3) is 22.0 Å². The Morgan fingerprint density at radius 2 is 1.80 bits per heavy atom. The fourth-order valence-electron chi connectivity index (χ4n) is 6.52. The summed E-state index contributed by atoms with van der Waals surface area (Å²) in [7, 11) is 1.58. The predicted molar refractivity (Wildman–Crippen MR) is 175 cm³/mol. The number of halogens is 1. The van der Waals surface area contributed by atoms with E-state index < -0.39 is 11.7 Å². The van der Waals surface area contributed by atoms with Gasteiger partial charge < -0.3 is 25.3 Å². The number of amides is 1. The third kappa shape index (κ3) is 6.55. The van der Waals surface area contributed by atoms with E-state index in [1.165, 1.54) is 36.5 Å². The number of thiocarbonyl (C=S) groups is 1. The molecule has 1 aliphatic heterocycles. The molecular weight excluding hydrogens is 593 g/mol. The number of fused-ring (bicyclic) bond motifs is 3. The van der Waals surface area contributed by atoms with Gasteiger partial charge in [-0.3, -0.25) is 9.69 Å². The van der Waals surface area contributed by atoms with Crippen LogP contribution < -0.4 is 30.2 Å². The molecule has 9 nitrogen and oxygen atoms in total. The van der Waals surface area contributed by atoms with Crippen LogP contribution in [-0.2, 0) is 4.79 Å². The van der Waals surface area contributed by atoms with Gasteiger partial charge in [-0.05, 0) is 97.7 Å². The summed E-state index contributed by atoms with van der Waals surface area (Å²) < 4.78 is 33.1. The normalized spacial score (nSPS) is 19.6. The van der Waals surface area contributed by atoms with E-state index >= 15 is 4.39 Å². The summed E-state index contributed by atoms with van der Waals surface area (Å²) in [6, 6.07) is 16.1. The minimum absolute atomic E-state index is 0.0723. The van der Waals surface area contributed by atoms with E-state index in [4.69, 9.17) is 32.2 Å². The summed E-state index contributed by atoms with van der Waals surface area (Å²) in [6.07, 6.45) is 4.65. The number of aromatic nitrogens is 2. The molecule has 234 valence electrons. The highest BCUT2D eigenvalue weighted by molar-refractivity contribution is 7.80. The SMILES string of the molecule is CCC(Oc1cc2ncnc(Oc3ccc(N(C(C)=O)C(N)=S)cc3F)c2cc1OC)C1CC2CNCC2C1.c1cc2cc-2c1. The van der Waals surface area contributed by atoms with Crippen molar-refractivity contribution >= 4 is 39.8 Å². The Labute approximate surface area is 266 Å². The van der Waals surface area contributed by atoms with Crippen LogP contribution in [0, 0.1) is 23.6 Å². The maximum atomic E-state index is 15.0. The zero-order valence-electron chi connectivity index (χ0n) is 25.5. The van der Waals surface area contributed by atoms with E-state index in [0.29, 0.717) is 28.3 Å². The maximum Gasteiger partial charge on any atom is 0.230 e. The van der Waals surface area contributed by atoms with E-state index in [9.17, 15) is 4.79 Å². The molecule has 2 fully saturated rings. The number of carbonyl (C=O) groups is 1. The Bertz CT molecular complexity index is 1710. The second-order valence-corrected chi connectivity index (χ2v) is 12.1. The molecule has 4 aliphatic rings. The molecule has 1 saturated heterocycles. The summed E-state index contributed by atoms with van der Waals surface area (Å²) in [4.78, 5) is 21.5. The Hall–Kier alpha value is -4.35. The average molecular weight is 630 g/mol. The maximum absolute atomic E-state index is 15.0. The van der Waals surface area contributed by atoms with Gasteiger partial charge in [0, 0.05) is 19.1 Å². The number of ether oxygens (including phenoxy) is 3. The van der Waals surface area contributed by atoms with E-state index in [2.05, 4.69) is 46.5 Å². The highest BCUT2D eigenvalue weighted by atomic mass is 32.1. The van der Waals surface area contributed by atoms with Crippen LogP contribution in [0.2, 0.25) is 0 Å². The molecule has 3 atom stereocenters. The number of methoxy groups -OCH3 is 1. The highest BCUT2D eigenvalue weighted by Crippen LogP contribution is 2.43. The number of anilines is 1. The van der Waals surface area contributed by atoms with Crippen molar-refractivity contribution in [3.05, 3.63) is 66.7 Å². The van der Waals surface area contributed by atoms with Crippen molar-refractivity contribution in [2.24, 2.45) is 23.5 Å². The number of nitrogens with zero attached hydrogens (tertiary/aromatic N) is 3. The number of rotatable bonds is 8. The molecule has 1 aromatic heterocycles. The molecule has 0 bridgehead atoms. The molecule has 3 aromatic rings. The van der Waals surface area contributed by atoms with Crippen LogP contribution in [0.5, 0.6) is 23.1 Å². The van der Waals surface area contributed by atoms with Crippen molar-refractivity contribution in [3.63, 3.8) is 0 Å². The lowest BCUT2D eigenvalue weighted by atomic mass is 9.96. The number of hydrogen-bond donors (Lipinski definition) is 2. The zero-order chi connectivity index (χ0) is 31.7. The van der Waals surface area contributed by atoms with Crippen molar-refractivity contribution < 1.29 is 23.4 Å². The van der Waals surface area contributed by atoms with Gasteiger partial charge in [0.05, 0.1) is 23.7 Å². The fraction of sp³-hybridized carbons (Fsp3) is 0.353. The van der Waals surface area contributed by atoms with Crippen LogP contribution in [0.1, 0.15) is 33.1 Å². The van der Waals surface area contributed by atoms with Crippen LogP contribution in [0.3, 0.4) is 0 Å². The van der Waals surface area contributed by atoms with Crippen LogP contribution in [0.15, 0.2) is 60.9 Å². The lowest BCUT2D eigenvalue weighted by molar-refractivity contribution is -0.115. The van der Waals surface area contributed by atoms with Crippen molar-refractivity contribution in [3.8, 4) is 34.3 Å². The molecule has 1 saturated carbocycles. The van der Waals surface area contributed by atoms with Crippen molar-refractivity contribution in [1.82, 2.24) is 15.3 Å². The molecule has 0 spiro atoms. The number of carbonyl (C=O) groups excluding carboxylic acids is 1. The molecular formula is C34H36FN5O4S. The molecule has 3 aliphatic carbocycles. The lowest BCUT2D eigenvalue weighted by Gasteiger charge is -2.25. The summed E-state index contributed by atoms with van der Waals surface area (Å²) in [5, 5.41) is 3.85. The van der Waals surface area contributed by atoms with Crippen molar-refractivity contribution in [2.75, 3.05) is 25.1 Å². The molecule has 11 heteroatoms. The van der Waals surface area contributed by atoms with Gasteiger partial charge in [-0.2, -0.15) is 0 Å². The van der Waals surface area contributed by atoms with Gasteiger partial charge in [0.1, 0.15) is 12.4 Å². The average Bonchev–Trinajstić information content (AvgIpc) is 3.32. The van der Waals surface area contributed by atoms with Crippen LogP contribution >= 0.6 is 12.2 Å². The van der Waals surface area contributed by atoms with E-state index in [0.717, 1.165) is 55.2 Å². The number of nitrogens with two attached hydrogens (primary N) is 1. The lowest BCUT2D eigenvalue weighted by Crippen LogP contribution is -2.39.